The van der Waals surface area contributed by atoms with Crippen molar-refractivity contribution in [1.82, 2.24) is 14.9 Å². The van der Waals surface area contributed by atoms with Gasteiger partial charge in [-0.2, -0.15) is 0 Å². The van der Waals surface area contributed by atoms with Gasteiger partial charge in [-0.05, 0) is 39.5 Å². The van der Waals surface area contributed by atoms with Crippen LogP contribution >= 0.6 is 22.7 Å². The van der Waals surface area contributed by atoms with Crippen LogP contribution in [0, 0.1) is 13.8 Å². The van der Waals surface area contributed by atoms with Gasteiger partial charge in [0.25, 0.3) is 5.91 Å². The van der Waals surface area contributed by atoms with Crippen LogP contribution in [0.25, 0.3) is 0 Å². The fourth-order valence-corrected chi connectivity index (χ4v) is 5.13. The highest BCUT2D eigenvalue weighted by molar-refractivity contribution is 7.13. The normalized spacial score (nSPS) is 17.4. The van der Waals surface area contributed by atoms with Crippen molar-refractivity contribution in [3.63, 3.8) is 0 Å². The van der Waals surface area contributed by atoms with E-state index in [0.717, 1.165) is 41.3 Å². The molecule has 2 aromatic rings. The highest BCUT2D eigenvalue weighted by Gasteiger charge is 2.31. The molecular weight excluding hydrogens is 314 g/mol. The Balaban J connectivity index is 1.90. The minimum Gasteiger partial charge on any atom is -0.333 e. The standard InChI is InChI=1S/C16H21N3OS2/c1-5-13-18-11-7-6-8-12(15(11)22-13)19(4)16(20)14-9(2)17-10(3)21-14/h12H,5-8H2,1-4H3. The number of aryl methyl sites for hydroxylation is 4. The van der Waals surface area contributed by atoms with Crippen LogP contribution in [-0.2, 0) is 12.8 Å². The lowest BCUT2D eigenvalue weighted by molar-refractivity contribution is 0.0722. The van der Waals surface area contributed by atoms with Crippen LogP contribution in [0.4, 0.5) is 0 Å². The first kappa shape index (κ1) is 15.6. The van der Waals surface area contributed by atoms with Crippen LogP contribution < -0.4 is 0 Å². The summed E-state index contributed by atoms with van der Waals surface area (Å²) >= 11 is 3.27. The Bertz CT molecular complexity index is 704. The van der Waals surface area contributed by atoms with Gasteiger partial charge in [-0.1, -0.05) is 6.92 Å². The van der Waals surface area contributed by atoms with Gasteiger partial charge in [0.05, 0.1) is 32.3 Å². The molecule has 1 aliphatic rings. The SMILES string of the molecule is CCc1nc2c(s1)C(N(C)C(=O)c1sc(C)nc1C)CCC2. The van der Waals surface area contributed by atoms with E-state index >= 15 is 0 Å². The monoisotopic (exact) mass is 335 g/mol. The zero-order chi connectivity index (χ0) is 15.9. The number of amides is 1. The second kappa shape index (κ2) is 6.08. The summed E-state index contributed by atoms with van der Waals surface area (Å²) in [6, 6.07) is 0.163. The van der Waals surface area contributed by atoms with E-state index in [4.69, 9.17) is 4.98 Å². The van der Waals surface area contributed by atoms with Crippen molar-refractivity contribution in [2.45, 2.75) is 52.5 Å². The summed E-state index contributed by atoms with van der Waals surface area (Å²) in [7, 11) is 1.92. The summed E-state index contributed by atoms with van der Waals surface area (Å²) in [5, 5.41) is 2.13. The molecule has 22 heavy (non-hydrogen) atoms. The molecule has 0 saturated carbocycles. The first-order valence-electron chi connectivity index (χ1n) is 7.71. The zero-order valence-corrected chi connectivity index (χ0v) is 15.1. The van der Waals surface area contributed by atoms with Crippen LogP contribution in [0.15, 0.2) is 0 Å². The molecule has 0 N–H and O–H groups in total. The van der Waals surface area contributed by atoms with Gasteiger partial charge in [-0.15, -0.1) is 22.7 Å². The number of carbonyl (C=O) groups is 1. The minimum absolute atomic E-state index is 0.0902. The topological polar surface area (TPSA) is 46.1 Å². The van der Waals surface area contributed by atoms with Gasteiger partial charge < -0.3 is 4.90 Å². The molecule has 118 valence electrons. The second-order valence-corrected chi connectivity index (χ2v) is 8.06. The molecule has 2 heterocycles. The average Bonchev–Trinajstić information content (AvgIpc) is 3.07. The molecule has 0 spiro atoms. The maximum absolute atomic E-state index is 12.8. The van der Waals surface area contributed by atoms with Gasteiger partial charge in [0.2, 0.25) is 0 Å². The van der Waals surface area contributed by atoms with Gasteiger partial charge in [-0.25, -0.2) is 9.97 Å². The van der Waals surface area contributed by atoms with E-state index in [1.54, 1.807) is 11.3 Å². The molecule has 1 amide bonds. The number of fused-ring (bicyclic) bond motifs is 1. The molecule has 0 fully saturated rings. The summed E-state index contributed by atoms with van der Waals surface area (Å²) in [6.07, 6.45) is 4.14. The van der Waals surface area contributed by atoms with E-state index in [0.29, 0.717) is 0 Å². The van der Waals surface area contributed by atoms with Gasteiger partial charge in [0, 0.05) is 7.05 Å². The summed E-state index contributed by atoms with van der Waals surface area (Å²) in [4.78, 5) is 25.9. The zero-order valence-electron chi connectivity index (χ0n) is 13.5. The fraction of sp³-hybridized carbons (Fsp3) is 0.562. The van der Waals surface area contributed by atoms with Crippen molar-refractivity contribution >= 4 is 28.6 Å². The van der Waals surface area contributed by atoms with E-state index in [9.17, 15) is 4.79 Å². The van der Waals surface area contributed by atoms with Crippen molar-refractivity contribution in [3.8, 4) is 0 Å². The molecule has 4 nitrogen and oxygen atoms in total. The lowest BCUT2D eigenvalue weighted by Gasteiger charge is -2.30. The van der Waals surface area contributed by atoms with Crippen LogP contribution in [0.5, 0.6) is 0 Å². The third-order valence-corrected chi connectivity index (χ3v) is 6.56. The second-order valence-electron chi connectivity index (χ2n) is 5.74. The number of hydrogen-bond acceptors (Lipinski definition) is 5. The number of thiazole rings is 2. The quantitative estimate of drug-likeness (QED) is 0.854. The molecule has 1 atom stereocenters. The summed E-state index contributed by atoms with van der Waals surface area (Å²) in [6.45, 7) is 6.00. The average molecular weight is 335 g/mol. The molecule has 0 aromatic carbocycles. The lowest BCUT2D eigenvalue weighted by atomic mass is 9.97. The van der Waals surface area contributed by atoms with Crippen LogP contribution in [-0.4, -0.2) is 27.8 Å². The minimum atomic E-state index is 0.0902. The molecule has 0 bridgehead atoms. The van der Waals surface area contributed by atoms with Crippen LogP contribution in [0.1, 0.15) is 61.8 Å². The van der Waals surface area contributed by atoms with Gasteiger partial charge in [0.1, 0.15) is 4.88 Å². The first-order valence-corrected chi connectivity index (χ1v) is 9.34. The Labute approximate surface area is 139 Å². The fourth-order valence-electron chi connectivity index (χ4n) is 3.00. The number of aromatic nitrogens is 2. The van der Waals surface area contributed by atoms with Crippen molar-refractivity contribution in [1.29, 1.82) is 0 Å². The number of hydrogen-bond donors (Lipinski definition) is 0. The third-order valence-electron chi connectivity index (χ3n) is 4.15. The Morgan fingerprint density at radius 2 is 2.09 bits per heavy atom. The van der Waals surface area contributed by atoms with Crippen molar-refractivity contribution in [2.24, 2.45) is 0 Å². The Morgan fingerprint density at radius 1 is 1.32 bits per heavy atom. The van der Waals surface area contributed by atoms with E-state index in [-0.39, 0.29) is 11.9 Å². The first-order chi connectivity index (χ1) is 10.5. The highest BCUT2D eigenvalue weighted by atomic mass is 32.1. The summed E-state index contributed by atoms with van der Waals surface area (Å²) < 4.78 is 0. The molecule has 2 aromatic heterocycles. The highest BCUT2D eigenvalue weighted by Crippen LogP contribution is 2.38. The van der Waals surface area contributed by atoms with Gasteiger partial charge in [0.15, 0.2) is 0 Å². The van der Waals surface area contributed by atoms with Gasteiger partial charge in [-0.3, -0.25) is 4.79 Å². The molecule has 0 aliphatic heterocycles. The largest absolute Gasteiger partial charge is 0.333 e. The van der Waals surface area contributed by atoms with E-state index < -0.39 is 0 Å². The molecule has 1 aliphatic carbocycles. The number of rotatable bonds is 3. The predicted octanol–water partition coefficient (Wildman–Crippen LogP) is 3.93. The van der Waals surface area contributed by atoms with Crippen LogP contribution in [0.3, 0.4) is 0 Å². The molecule has 0 radical (unpaired) electrons. The summed E-state index contributed by atoms with van der Waals surface area (Å²) in [5.41, 5.74) is 2.05. The van der Waals surface area contributed by atoms with Gasteiger partial charge >= 0.3 is 0 Å². The molecule has 1 unspecified atom stereocenters. The summed E-state index contributed by atoms with van der Waals surface area (Å²) in [5.74, 6) is 0.0902. The molecule has 0 saturated heterocycles. The van der Waals surface area contributed by atoms with E-state index in [1.165, 1.54) is 26.9 Å². The van der Waals surface area contributed by atoms with E-state index in [2.05, 4.69) is 11.9 Å². The van der Waals surface area contributed by atoms with Crippen LogP contribution in [0.2, 0.25) is 0 Å². The Morgan fingerprint density at radius 3 is 2.73 bits per heavy atom. The Kier molecular flexibility index (Phi) is 4.32. The molecular formula is C16H21N3OS2. The third kappa shape index (κ3) is 2.70. The lowest BCUT2D eigenvalue weighted by Crippen LogP contribution is -2.32. The maximum Gasteiger partial charge on any atom is 0.266 e. The van der Waals surface area contributed by atoms with Crippen molar-refractivity contribution in [3.05, 3.63) is 31.2 Å². The molecule has 6 heteroatoms. The van der Waals surface area contributed by atoms with Crippen molar-refractivity contribution in [2.75, 3.05) is 7.05 Å². The number of nitrogens with zero attached hydrogens (tertiary/aromatic N) is 3. The number of carbonyl (C=O) groups excluding carboxylic acids is 1. The molecule has 3 rings (SSSR count). The van der Waals surface area contributed by atoms with E-state index in [1.807, 2.05) is 25.8 Å². The van der Waals surface area contributed by atoms with Crippen molar-refractivity contribution < 1.29 is 4.79 Å². The Hall–Kier alpha value is -1.27. The predicted molar refractivity (Wildman–Crippen MR) is 90.9 cm³/mol. The smallest absolute Gasteiger partial charge is 0.266 e. The maximum atomic E-state index is 12.8.